The minimum Gasteiger partial charge on any atom is -0.463 e. The Kier molecular flexibility index (Phi) is 6.14. The molecular formula is C13H19NO6. The number of ether oxygens (including phenoxy) is 2. The van der Waals surface area contributed by atoms with Gasteiger partial charge in [0.2, 0.25) is 11.8 Å². The molecule has 7 heteroatoms. The maximum Gasteiger partial charge on any atom is 0.347 e. The maximum atomic E-state index is 11.6. The Labute approximate surface area is 117 Å². The Hall–Kier alpha value is -1.92. The number of imide groups is 1. The second-order valence-electron chi connectivity index (χ2n) is 4.53. The first-order chi connectivity index (χ1) is 9.45. The number of nitrogens with zero attached hydrogens (tertiary/aromatic N) is 1. The van der Waals surface area contributed by atoms with E-state index in [1.54, 1.807) is 0 Å². The molecule has 2 amide bonds. The van der Waals surface area contributed by atoms with Crippen molar-refractivity contribution in [3.8, 4) is 0 Å². The van der Waals surface area contributed by atoms with Gasteiger partial charge in [0, 0.05) is 12.8 Å². The fraction of sp³-hybridized carbons (Fsp3) is 0.692. The molecule has 0 spiro atoms. The van der Waals surface area contributed by atoms with Crippen LogP contribution in [0.15, 0.2) is 0 Å². The van der Waals surface area contributed by atoms with Crippen molar-refractivity contribution < 1.29 is 28.7 Å². The van der Waals surface area contributed by atoms with E-state index in [-0.39, 0.29) is 19.4 Å². The quantitative estimate of drug-likeness (QED) is 0.382. The molecule has 7 nitrogen and oxygen atoms in total. The highest BCUT2D eigenvalue weighted by molar-refractivity contribution is 6.04. The zero-order valence-electron chi connectivity index (χ0n) is 11.7. The summed E-state index contributed by atoms with van der Waals surface area (Å²) in [5.41, 5.74) is 0. The van der Waals surface area contributed by atoms with E-state index >= 15 is 0 Å². The number of rotatable bonds is 7. The first kappa shape index (κ1) is 16.1. The first-order valence-corrected chi connectivity index (χ1v) is 6.65. The third-order valence-corrected chi connectivity index (χ3v) is 2.82. The molecule has 1 fully saturated rings. The second-order valence-corrected chi connectivity index (χ2v) is 4.53. The Morgan fingerprint density at radius 2 is 1.85 bits per heavy atom. The molecule has 0 aliphatic carbocycles. The third kappa shape index (κ3) is 4.64. The zero-order chi connectivity index (χ0) is 15.1. The highest BCUT2D eigenvalue weighted by Gasteiger charge is 2.31. The summed E-state index contributed by atoms with van der Waals surface area (Å²) in [4.78, 5) is 46.5. The molecule has 0 unspecified atom stereocenters. The lowest BCUT2D eigenvalue weighted by molar-refractivity contribution is -0.168. The SMILES string of the molecule is CCCCOC(=O)[C@@H](C)OC(=O)CN1C(=O)CCC1=O. The van der Waals surface area contributed by atoms with Crippen LogP contribution in [0.3, 0.4) is 0 Å². The van der Waals surface area contributed by atoms with E-state index in [0.717, 1.165) is 17.7 Å². The molecule has 1 saturated heterocycles. The summed E-state index contributed by atoms with van der Waals surface area (Å²) in [5.74, 6) is -2.23. The summed E-state index contributed by atoms with van der Waals surface area (Å²) in [7, 11) is 0. The summed E-state index contributed by atoms with van der Waals surface area (Å²) in [5, 5.41) is 0. The van der Waals surface area contributed by atoms with Gasteiger partial charge in [0.25, 0.3) is 0 Å². The van der Waals surface area contributed by atoms with Crippen molar-refractivity contribution in [1.82, 2.24) is 4.90 Å². The van der Waals surface area contributed by atoms with Gasteiger partial charge in [0.1, 0.15) is 6.54 Å². The molecule has 0 aromatic carbocycles. The van der Waals surface area contributed by atoms with Crippen LogP contribution in [0.25, 0.3) is 0 Å². The van der Waals surface area contributed by atoms with Crippen LogP contribution in [0.1, 0.15) is 39.5 Å². The van der Waals surface area contributed by atoms with Gasteiger partial charge in [-0.1, -0.05) is 13.3 Å². The van der Waals surface area contributed by atoms with E-state index < -0.39 is 36.4 Å². The van der Waals surface area contributed by atoms with Gasteiger partial charge in [-0.05, 0) is 13.3 Å². The molecule has 112 valence electrons. The number of hydrogen-bond donors (Lipinski definition) is 0. The maximum absolute atomic E-state index is 11.6. The van der Waals surface area contributed by atoms with Gasteiger partial charge in [-0.15, -0.1) is 0 Å². The molecule has 1 rings (SSSR count). The molecule has 1 aliphatic rings. The van der Waals surface area contributed by atoms with Crippen molar-refractivity contribution >= 4 is 23.8 Å². The lowest BCUT2D eigenvalue weighted by atomic mass is 10.3. The number of unbranched alkanes of at least 4 members (excludes halogenated alkanes) is 1. The number of amides is 2. The van der Waals surface area contributed by atoms with Crippen molar-refractivity contribution in [3.63, 3.8) is 0 Å². The molecule has 0 radical (unpaired) electrons. The highest BCUT2D eigenvalue weighted by Crippen LogP contribution is 2.11. The van der Waals surface area contributed by atoms with Gasteiger partial charge in [-0.3, -0.25) is 19.3 Å². The van der Waals surface area contributed by atoms with Crippen LogP contribution in [-0.2, 0) is 28.7 Å². The van der Waals surface area contributed by atoms with Gasteiger partial charge in [-0.2, -0.15) is 0 Å². The second kappa shape index (κ2) is 7.62. The zero-order valence-corrected chi connectivity index (χ0v) is 11.7. The Bertz CT molecular complexity index is 390. The van der Waals surface area contributed by atoms with Crippen LogP contribution < -0.4 is 0 Å². The lowest BCUT2D eigenvalue weighted by Gasteiger charge is -2.16. The van der Waals surface area contributed by atoms with Crippen LogP contribution in [0, 0.1) is 0 Å². The summed E-state index contributed by atoms with van der Waals surface area (Å²) in [6.45, 7) is 3.17. The molecule has 1 aliphatic heterocycles. The van der Waals surface area contributed by atoms with Gasteiger partial charge >= 0.3 is 11.9 Å². The van der Waals surface area contributed by atoms with Crippen molar-refractivity contribution in [2.45, 2.75) is 45.6 Å². The predicted molar refractivity (Wildman–Crippen MR) is 67.4 cm³/mol. The standard InChI is InChI=1S/C13H19NO6/c1-3-4-7-19-13(18)9(2)20-12(17)8-14-10(15)5-6-11(14)16/h9H,3-8H2,1-2H3/t9-/m1/s1. The van der Waals surface area contributed by atoms with E-state index in [1.807, 2.05) is 6.92 Å². The van der Waals surface area contributed by atoms with Crippen molar-refractivity contribution in [3.05, 3.63) is 0 Å². The molecule has 0 saturated carbocycles. The normalized spacial score (nSPS) is 16.2. The summed E-state index contributed by atoms with van der Waals surface area (Å²) < 4.78 is 9.74. The fourth-order valence-electron chi connectivity index (χ4n) is 1.65. The van der Waals surface area contributed by atoms with Gasteiger partial charge < -0.3 is 9.47 Å². The third-order valence-electron chi connectivity index (χ3n) is 2.82. The fourth-order valence-corrected chi connectivity index (χ4v) is 1.65. The average Bonchev–Trinajstić information content (AvgIpc) is 2.70. The molecule has 0 aromatic heterocycles. The van der Waals surface area contributed by atoms with Crippen LogP contribution >= 0.6 is 0 Å². The molecular weight excluding hydrogens is 266 g/mol. The monoisotopic (exact) mass is 285 g/mol. The van der Waals surface area contributed by atoms with Gasteiger partial charge in [0.05, 0.1) is 6.61 Å². The summed E-state index contributed by atoms with van der Waals surface area (Å²) in [6, 6.07) is 0. The number of esters is 2. The van der Waals surface area contributed by atoms with Crippen LogP contribution in [0.4, 0.5) is 0 Å². The number of likely N-dealkylation sites (tertiary alicyclic amines) is 1. The first-order valence-electron chi connectivity index (χ1n) is 6.65. The van der Waals surface area contributed by atoms with Crippen LogP contribution in [0.5, 0.6) is 0 Å². The Balaban J connectivity index is 2.36. The Morgan fingerprint density at radius 1 is 1.25 bits per heavy atom. The molecule has 1 heterocycles. The Morgan fingerprint density at radius 3 is 2.40 bits per heavy atom. The molecule has 0 N–H and O–H groups in total. The minimum absolute atomic E-state index is 0.112. The number of carbonyl (C=O) groups excluding carboxylic acids is 4. The van der Waals surface area contributed by atoms with Gasteiger partial charge in [0.15, 0.2) is 6.10 Å². The van der Waals surface area contributed by atoms with Crippen molar-refractivity contribution in [1.29, 1.82) is 0 Å². The number of hydrogen-bond acceptors (Lipinski definition) is 6. The largest absolute Gasteiger partial charge is 0.463 e. The topological polar surface area (TPSA) is 90.0 Å². The minimum atomic E-state index is -1.05. The molecule has 0 bridgehead atoms. The van der Waals surface area contributed by atoms with E-state index in [0.29, 0.717) is 0 Å². The lowest BCUT2D eigenvalue weighted by Crippen LogP contribution is -2.37. The number of carbonyl (C=O) groups is 4. The van der Waals surface area contributed by atoms with Crippen molar-refractivity contribution in [2.75, 3.05) is 13.2 Å². The predicted octanol–water partition coefficient (Wildman–Crippen LogP) is 0.410. The smallest absolute Gasteiger partial charge is 0.347 e. The summed E-state index contributed by atoms with van der Waals surface area (Å²) in [6.07, 6.45) is 0.804. The van der Waals surface area contributed by atoms with E-state index in [1.165, 1.54) is 6.92 Å². The van der Waals surface area contributed by atoms with E-state index in [2.05, 4.69) is 0 Å². The average molecular weight is 285 g/mol. The highest BCUT2D eigenvalue weighted by atomic mass is 16.6. The van der Waals surface area contributed by atoms with E-state index in [4.69, 9.17) is 9.47 Å². The van der Waals surface area contributed by atoms with E-state index in [9.17, 15) is 19.2 Å². The molecule has 0 aromatic rings. The van der Waals surface area contributed by atoms with Crippen LogP contribution in [0.2, 0.25) is 0 Å². The van der Waals surface area contributed by atoms with Crippen LogP contribution in [-0.4, -0.2) is 47.9 Å². The molecule has 1 atom stereocenters. The van der Waals surface area contributed by atoms with Crippen molar-refractivity contribution in [2.24, 2.45) is 0 Å². The summed E-state index contributed by atoms with van der Waals surface area (Å²) >= 11 is 0. The molecule has 20 heavy (non-hydrogen) atoms. The van der Waals surface area contributed by atoms with Gasteiger partial charge in [-0.25, -0.2) is 4.79 Å².